The van der Waals surface area contributed by atoms with Crippen molar-refractivity contribution in [2.75, 3.05) is 13.1 Å². The fourth-order valence-electron chi connectivity index (χ4n) is 3.19. The molecule has 0 saturated carbocycles. The van der Waals surface area contributed by atoms with E-state index in [0.29, 0.717) is 6.04 Å². The second-order valence-corrected chi connectivity index (χ2v) is 5.31. The summed E-state index contributed by atoms with van der Waals surface area (Å²) in [7, 11) is 0. The van der Waals surface area contributed by atoms with Crippen LogP contribution in [-0.2, 0) is 0 Å². The molecule has 0 aromatic rings. The number of piperazine rings is 1. The molecule has 0 aromatic heterocycles. The van der Waals surface area contributed by atoms with Gasteiger partial charge < -0.3 is 4.90 Å². The lowest BCUT2D eigenvalue weighted by Crippen LogP contribution is -2.69. The van der Waals surface area contributed by atoms with Crippen molar-refractivity contribution in [3.05, 3.63) is 36.6 Å². The van der Waals surface area contributed by atoms with Crippen molar-refractivity contribution in [3.63, 3.8) is 0 Å². The molecule has 0 amide bonds. The molecule has 3 aliphatic rings. The van der Waals surface area contributed by atoms with Crippen LogP contribution in [0.25, 0.3) is 0 Å². The van der Waals surface area contributed by atoms with Crippen LogP contribution in [0.4, 0.5) is 0 Å². The zero-order valence-electron chi connectivity index (χ0n) is 13.3. The predicted molar refractivity (Wildman–Crippen MR) is 85.2 cm³/mol. The summed E-state index contributed by atoms with van der Waals surface area (Å²) in [4.78, 5) is 5.14. The Hall–Kier alpha value is -1.02. The van der Waals surface area contributed by atoms with Gasteiger partial charge in [0.05, 0.1) is 0 Å². The molecule has 2 atom stereocenters. The monoisotopic (exact) mass is 262 g/mol. The number of hydrogen-bond donors (Lipinski definition) is 0. The molecule has 108 valence electrons. The first-order valence-corrected chi connectivity index (χ1v) is 7.65. The fourth-order valence-corrected chi connectivity index (χ4v) is 3.19. The highest BCUT2D eigenvalue weighted by atomic mass is 15.4. The Morgan fingerprint density at radius 3 is 2.21 bits per heavy atom. The van der Waals surface area contributed by atoms with E-state index in [4.69, 9.17) is 0 Å². The zero-order valence-corrected chi connectivity index (χ0v) is 13.3. The van der Waals surface area contributed by atoms with E-state index in [9.17, 15) is 0 Å². The van der Waals surface area contributed by atoms with Crippen LogP contribution in [0.1, 0.15) is 41.0 Å². The van der Waals surface area contributed by atoms with Crippen molar-refractivity contribution in [1.29, 1.82) is 0 Å². The molecular weight excluding hydrogens is 232 g/mol. The van der Waals surface area contributed by atoms with Crippen molar-refractivity contribution < 1.29 is 0 Å². The fraction of sp³-hybridized carbons (Fsp3) is 0.647. The third-order valence-corrected chi connectivity index (χ3v) is 3.88. The maximum absolute atomic E-state index is 3.93. The van der Waals surface area contributed by atoms with Gasteiger partial charge in [0.15, 0.2) is 0 Å². The molecule has 3 rings (SSSR count). The molecule has 0 N–H and O–H groups in total. The van der Waals surface area contributed by atoms with Crippen molar-refractivity contribution in [2.24, 2.45) is 0 Å². The van der Waals surface area contributed by atoms with E-state index in [-0.39, 0.29) is 0 Å². The van der Waals surface area contributed by atoms with Crippen molar-refractivity contribution in [2.45, 2.75) is 59.2 Å². The molecule has 3 saturated heterocycles. The molecule has 0 radical (unpaired) electrons. The van der Waals surface area contributed by atoms with Crippen molar-refractivity contribution in [1.82, 2.24) is 9.80 Å². The number of nitrogens with zero attached hydrogens (tertiary/aromatic N) is 2. The highest BCUT2D eigenvalue weighted by Gasteiger charge is 2.45. The summed E-state index contributed by atoms with van der Waals surface area (Å²) in [5.41, 5.74) is 1.27. The van der Waals surface area contributed by atoms with Gasteiger partial charge in [-0.15, -0.1) is 0 Å². The van der Waals surface area contributed by atoms with Crippen LogP contribution in [-0.4, -0.2) is 41.0 Å². The number of hydrogen-bond acceptors (Lipinski definition) is 2. The summed E-state index contributed by atoms with van der Waals surface area (Å²) < 4.78 is 0. The Morgan fingerprint density at radius 1 is 1.21 bits per heavy atom. The first-order valence-electron chi connectivity index (χ1n) is 7.65. The lowest BCUT2D eigenvalue weighted by molar-refractivity contribution is -0.0770. The Morgan fingerprint density at radius 2 is 1.79 bits per heavy atom. The molecule has 2 nitrogen and oxygen atoms in total. The summed E-state index contributed by atoms with van der Waals surface area (Å²) in [5.74, 6) is 0. The van der Waals surface area contributed by atoms with Crippen LogP contribution in [0.15, 0.2) is 36.6 Å². The minimum Gasteiger partial charge on any atom is -0.368 e. The molecule has 3 aliphatic heterocycles. The highest BCUT2D eigenvalue weighted by molar-refractivity contribution is 5.23. The van der Waals surface area contributed by atoms with Crippen LogP contribution >= 0.6 is 0 Å². The van der Waals surface area contributed by atoms with E-state index in [1.54, 1.807) is 0 Å². The molecule has 19 heavy (non-hydrogen) atoms. The van der Waals surface area contributed by atoms with Crippen LogP contribution in [0.2, 0.25) is 0 Å². The number of piperidine rings is 1. The molecular formula is C17H30N2. The van der Waals surface area contributed by atoms with Gasteiger partial charge in [0, 0.05) is 36.9 Å². The minimum atomic E-state index is 0.688. The molecule has 0 aromatic carbocycles. The van der Waals surface area contributed by atoms with Gasteiger partial charge in [0.1, 0.15) is 0 Å². The molecule has 2 unspecified atom stereocenters. The van der Waals surface area contributed by atoms with E-state index in [0.717, 1.165) is 25.2 Å². The van der Waals surface area contributed by atoms with Gasteiger partial charge in [-0.1, -0.05) is 32.6 Å². The predicted octanol–water partition coefficient (Wildman–Crippen LogP) is 3.83. The lowest BCUT2D eigenvalue weighted by atomic mass is 9.85. The Balaban J connectivity index is 0.000000861. The average molecular weight is 262 g/mol. The van der Waals surface area contributed by atoms with Gasteiger partial charge in [-0.05, 0) is 39.3 Å². The largest absolute Gasteiger partial charge is 0.368 e. The molecule has 3 fully saturated rings. The van der Waals surface area contributed by atoms with Gasteiger partial charge in [-0.2, -0.15) is 0 Å². The maximum Gasteiger partial charge on any atom is 0.0361 e. The first kappa shape index (κ1) is 16.0. The Kier molecular flexibility index (Phi) is 6.36. The second kappa shape index (κ2) is 7.54. The summed E-state index contributed by atoms with van der Waals surface area (Å²) in [6, 6.07) is 2.19. The van der Waals surface area contributed by atoms with Gasteiger partial charge in [0.2, 0.25) is 0 Å². The molecule has 3 heterocycles. The Labute approximate surface area is 119 Å². The zero-order chi connectivity index (χ0) is 14.4. The SMILES string of the molecule is C=C/C(=C\C=C/C)N1CC2CC(C1)N2C(C)C.CC. The van der Waals surface area contributed by atoms with Crippen molar-refractivity contribution in [3.8, 4) is 0 Å². The summed E-state index contributed by atoms with van der Waals surface area (Å²) in [6.07, 6.45) is 9.68. The van der Waals surface area contributed by atoms with Gasteiger partial charge >= 0.3 is 0 Å². The molecule has 2 heteroatoms. The van der Waals surface area contributed by atoms with Crippen molar-refractivity contribution >= 4 is 0 Å². The number of allylic oxidation sites excluding steroid dienone is 4. The van der Waals surface area contributed by atoms with E-state index < -0.39 is 0 Å². The molecule has 0 spiro atoms. The summed E-state index contributed by atoms with van der Waals surface area (Å²) in [5, 5.41) is 0. The van der Waals surface area contributed by atoms with E-state index in [2.05, 4.69) is 48.5 Å². The van der Waals surface area contributed by atoms with Gasteiger partial charge in [0.25, 0.3) is 0 Å². The van der Waals surface area contributed by atoms with Crippen LogP contribution in [0, 0.1) is 0 Å². The van der Waals surface area contributed by atoms with Gasteiger partial charge in [-0.3, -0.25) is 4.90 Å². The number of rotatable bonds is 4. The van der Waals surface area contributed by atoms with Gasteiger partial charge in [-0.25, -0.2) is 0 Å². The topological polar surface area (TPSA) is 6.48 Å². The third-order valence-electron chi connectivity index (χ3n) is 3.88. The summed E-state index contributed by atoms with van der Waals surface area (Å²) >= 11 is 0. The second-order valence-electron chi connectivity index (χ2n) is 5.31. The first-order chi connectivity index (χ1) is 9.17. The van der Waals surface area contributed by atoms with E-state index in [1.807, 2.05) is 26.8 Å². The quantitative estimate of drug-likeness (QED) is 0.711. The number of fused-ring (bicyclic) bond motifs is 2. The normalized spacial score (nSPS) is 27.1. The highest BCUT2D eigenvalue weighted by Crippen LogP contribution is 2.35. The minimum absolute atomic E-state index is 0.688. The van der Waals surface area contributed by atoms with E-state index in [1.165, 1.54) is 12.1 Å². The third kappa shape index (κ3) is 3.50. The lowest BCUT2D eigenvalue weighted by Gasteiger charge is -2.59. The maximum atomic E-state index is 3.93. The van der Waals surface area contributed by atoms with Crippen LogP contribution in [0.5, 0.6) is 0 Å². The standard InChI is InChI=1S/C15H24N2.C2H6/c1-5-7-8-13(6-2)16-10-14-9-15(11-16)17(14)12(3)4;1-2/h5-8,12,14-15H,2,9-11H2,1,3-4H3;1-2H3/b7-5-,13-8+;. The van der Waals surface area contributed by atoms with E-state index >= 15 is 0 Å². The molecule has 0 aliphatic carbocycles. The van der Waals surface area contributed by atoms with Crippen LogP contribution in [0.3, 0.4) is 0 Å². The van der Waals surface area contributed by atoms with Crippen LogP contribution < -0.4 is 0 Å². The molecule has 2 bridgehead atoms. The average Bonchev–Trinajstić information content (AvgIpc) is 2.41. The summed E-state index contributed by atoms with van der Waals surface area (Å²) in [6.45, 7) is 16.9. The Bertz CT molecular complexity index is 329. The smallest absolute Gasteiger partial charge is 0.0361 e.